The molecule has 2 heterocycles. The third-order valence-corrected chi connectivity index (χ3v) is 7.33. The summed E-state index contributed by atoms with van der Waals surface area (Å²) in [4.78, 5) is 2.25. The Morgan fingerprint density at radius 1 is 1.05 bits per heavy atom. The van der Waals surface area contributed by atoms with Crippen molar-refractivity contribution in [3.63, 3.8) is 0 Å². The van der Waals surface area contributed by atoms with Gasteiger partial charge in [-0.1, -0.05) is 12.1 Å². The Bertz CT molecular complexity index is 1310. The van der Waals surface area contributed by atoms with Crippen LogP contribution in [0.2, 0.25) is 0 Å². The van der Waals surface area contributed by atoms with E-state index in [-0.39, 0.29) is 29.9 Å². The maximum absolute atomic E-state index is 14.9. The summed E-state index contributed by atoms with van der Waals surface area (Å²) in [6.45, 7) is 5.77. The summed E-state index contributed by atoms with van der Waals surface area (Å²) >= 11 is 0. The van der Waals surface area contributed by atoms with Crippen molar-refractivity contribution in [2.75, 3.05) is 26.4 Å². The lowest BCUT2D eigenvalue weighted by atomic mass is 9.86. The third-order valence-electron chi connectivity index (χ3n) is 7.33. The lowest BCUT2D eigenvalue weighted by Crippen LogP contribution is -2.35. The van der Waals surface area contributed by atoms with Gasteiger partial charge in [-0.3, -0.25) is 9.29 Å². The number of phenolic OH excluding ortho intramolecular Hbond substituents is 1. The summed E-state index contributed by atoms with van der Waals surface area (Å²) in [6, 6.07) is 15.9. The molecule has 0 radical (unpaired) electrons. The van der Waals surface area contributed by atoms with Crippen LogP contribution < -0.4 is 9.47 Å². The van der Waals surface area contributed by atoms with Gasteiger partial charge < -0.3 is 14.6 Å². The van der Waals surface area contributed by atoms with E-state index < -0.39 is 17.7 Å². The normalized spacial score (nSPS) is 20.5. The molecule has 2 aliphatic rings. The smallest absolute Gasteiger partial charge is 0.150 e. The molecule has 37 heavy (non-hydrogen) atoms. The van der Waals surface area contributed by atoms with Gasteiger partial charge in [-0.15, -0.1) is 0 Å². The topological polar surface area (TPSA) is 41.9 Å². The third kappa shape index (κ3) is 5.18. The monoisotopic (exact) mass is 509 g/mol. The highest BCUT2D eigenvalue weighted by atomic mass is 19.1. The molecular weight excluding hydrogens is 479 g/mol. The number of nitrogens with zero attached hydrogens (tertiary/aromatic N) is 1. The van der Waals surface area contributed by atoms with Gasteiger partial charge in [0.25, 0.3) is 0 Å². The van der Waals surface area contributed by atoms with Crippen LogP contribution in [0, 0.1) is 17.6 Å². The molecule has 0 saturated carbocycles. The highest BCUT2D eigenvalue weighted by Crippen LogP contribution is 2.48. The molecule has 0 aromatic heterocycles. The Morgan fingerprint density at radius 3 is 2.54 bits per heavy atom. The van der Waals surface area contributed by atoms with Crippen molar-refractivity contribution >= 4 is 11.1 Å². The highest BCUT2D eigenvalue weighted by molar-refractivity contribution is 5.95. The van der Waals surface area contributed by atoms with Gasteiger partial charge in [0.05, 0.1) is 6.67 Å². The lowest BCUT2D eigenvalue weighted by molar-refractivity contribution is 0.165. The number of allylic oxidation sites excluding steroid dienone is 1. The minimum atomic E-state index is -0.683. The van der Waals surface area contributed by atoms with Crippen molar-refractivity contribution in [3.8, 4) is 17.2 Å². The van der Waals surface area contributed by atoms with Gasteiger partial charge in [-0.25, -0.2) is 8.78 Å². The van der Waals surface area contributed by atoms with Crippen LogP contribution in [0.25, 0.3) is 11.1 Å². The number of benzene rings is 3. The van der Waals surface area contributed by atoms with Crippen LogP contribution in [0.1, 0.15) is 43.1 Å². The maximum Gasteiger partial charge on any atom is 0.150 e. The minimum absolute atomic E-state index is 0.0731. The summed E-state index contributed by atoms with van der Waals surface area (Å²) < 4.78 is 53.9. The van der Waals surface area contributed by atoms with E-state index in [0.29, 0.717) is 29.2 Å². The van der Waals surface area contributed by atoms with E-state index in [1.807, 2.05) is 31.2 Å². The molecular formula is C30H30F3NO3. The van der Waals surface area contributed by atoms with Crippen LogP contribution in [0.15, 0.2) is 60.7 Å². The SMILES string of the molecule is CC1=C(c2ccc(F)cc2F)C(c2ccc(OC[C@H](C)N3CC[C@@H](CF)C3)cc2)Oc2ccc(O)cc21. The number of likely N-dealkylation sites (tertiary alicyclic amines) is 1. The first-order chi connectivity index (χ1) is 17.8. The van der Waals surface area contributed by atoms with E-state index in [1.54, 1.807) is 18.2 Å². The number of halogens is 3. The number of fused-ring (bicyclic) bond motifs is 1. The summed E-state index contributed by atoms with van der Waals surface area (Å²) in [7, 11) is 0. The molecule has 0 bridgehead atoms. The van der Waals surface area contributed by atoms with Crippen LogP contribution in [0.3, 0.4) is 0 Å². The molecule has 1 fully saturated rings. The number of hydrogen-bond acceptors (Lipinski definition) is 4. The van der Waals surface area contributed by atoms with Gasteiger partial charge in [0.1, 0.15) is 41.6 Å². The van der Waals surface area contributed by atoms with E-state index in [4.69, 9.17) is 9.47 Å². The largest absolute Gasteiger partial charge is 0.508 e. The standard InChI is InChI=1S/C30H30F3NO3/c1-18(34-12-11-20(15-31)16-34)17-36-24-7-3-21(4-8-24)30-29(25-9-5-22(32)13-27(25)33)19(2)26-14-23(35)6-10-28(26)37-30/h3-10,13-14,18,20,30,35H,11-12,15-17H2,1-2H3/t18-,20-,30?/m0/s1. The molecule has 0 aliphatic carbocycles. The van der Waals surface area contributed by atoms with Crippen molar-refractivity contribution in [2.45, 2.75) is 32.4 Å². The minimum Gasteiger partial charge on any atom is -0.508 e. The van der Waals surface area contributed by atoms with Crippen LogP contribution in [-0.4, -0.2) is 42.4 Å². The number of aromatic hydroxyl groups is 1. The van der Waals surface area contributed by atoms with Crippen LogP contribution in [-0.2, 0) is 0 Å². The molecule has 1 unspecified atom stereocenters. The summed E-state index contributed by atoms with van der Waals surface area (Å²) in [5.41, 5.74) is 2.97. The average molecular weight is 510 g/mol. The predicted octanol–water partition coefficient (Wildman–Crippen LogP) is 6.79. The number of alkyl halides is 1. The molecule has 194 valence electrons. The zero-order valence-corrected chi connectivity index (χ0v) is 20.9. The Balaban J connectivity index is 1.40. The van der Waals surface area contributed by atoms with Crippen molar-refractivity contribution < 1.29 is 27.8 Å². The molecule has 0 spiro atoms. The Hall–Kier alpha value is -3.45. The molecule has 1 N–H and O–H groups in total. The molecule has 7 heteroatoms. The first-order valence-corrected chi connectivity index (χ1v) is 12.5. The molecule has 5 rings (SSSR count). The van der Waals surface area contributed by atoms with Gasteiger partial charge in [-0.05, 0) is 80.4 Å². The second kappa shape index (κ2) is 10.5. The number of ether oxygens (including phenoxy) is 2. The summed E-state index contributed by atoms with van der Waals surface area (Å²) in [5, 5.41) is 10.0. The fraction of sp³-hybridized carbons (Fsp3) is 0.333. The van der Waals surface area contributed by atoms with Crippen molar-refractivity contribution in [1.29, 1.82) is 0 Å². The van der Waals surface area contributed by atoms with Gasteiger partial charge in [0, 0.05) is 41.3 Å². The van der Waals surface area contributed by atoms with Crippen LogP contribution in [0.4, 0.5) is 13.2 Å². The van der Waals surface area contributed by atoms with Gasteiger partial charge in [-0.2, -0.15) is 0 Å². The molecule has 0 amide bonds. The number of rotatable bonds is 7. The number of phenols is 1. The number of hydrogen-bond donors (Lipinski definition) is 1. The second-order valence-corrected chi connectivity index (χ2v) is 9.87. The lowest BCUT2D eigenvalue weighted by Gasteiger charge is -2.31. The first-order valence-electron chi connectivity index (χ1n) is 12.5. The van der Waals surface area contributed by atoms with Gasteiger partial charge in [0.15, 0.2) is 0 Å². The fourth-order valence-corrected chi connectivity index (χ4v) is 5.18. The Labute approximate surface area is 215 Å². The molecule has 3 aromatic carbocycles. The van der Waals surface area contributed by atoms with Crippen molar-refractivity contribution in [2.24, 2.45) is 5.92 Å². The second-order valence-electron chi connectivity index (χ2n) is 9.87. The zero-order chi connectivity index (χ0) is 26.1. The molecule has 3 atom stereocenters. The predicted molar refractivity (Wildman–Crippen MR) is 137 cm³/mol. The van der Waals surface area contributed by atoms with Gasteiger partial charge in [0.2, 0.25) is 0 Å². The highest BCUT2D eigenvalue weighted by Gasteiger charge is 2.31. The maximum atomic E-state index is 14.9. The van der Waals surface area contributed by atoms with Crippen LogP contribution >= 0.6 is 0 Å². The summed E-state index contributed by atoms with van der Waals surface area (Å²) in [5.74, 6) is 0.103. The average Bonchev–Trinajstić information content (AvgIpc) is 3.38. The van der Waals surface area contributed by atoms with Crippen LogP contribution in [0.5, 0.6) is 17.2 Å². The molecule has 2 aliphatic heterocycles. The van der Waals surface area contributed by atoms with E-state index in [2.05, 4.69) is 11.8 Å². The van der Waals surface area contributed by atoms with Crippen molar-refractivity contribution in [3.05, 3.63) is 89.0 Å². The van der Waals surface area contributed by atoms with E-state index in [1.165, 1.54) is 12.1 Å². The molecule has 4 nitrogen and oxygen atoms in total. The van der Waals surface area contributed by atoms with Gasteiger partial charge >= 0.3 is 0 Å². The van der Waals surface area contributed by atoms with Crippen molar-refractivity contribution in [1.82, 2.24) is 4.90 Å². The summed E-state index contributed by atoms with van der Waals surface area (Å²) in [6.07, 6.45) is 0.232. The van der Waals surface area contributed by atoms with E-state index in [0.717, 1.165) is 36.7 Å². The first kappa shape index (κ1) is 25.2. The molecule has 3 aromatic rings. The fourth-order valence-electron chi connectivity index (χ4n) is 5.18. The zero-order valence-electron chi connectivity index (χ0n) is 20.9. The quantitative estimate of drug-likeness (QED) is 0.381. The molecule has 1 saturated heterocycles. The Morgan fingerprint density at radius 2 is 1.84 bits per heavy atom. The van der Waals surface area contributed by atoms with E-state index >= 15 is 0 Å². The Kier molecular flexibility index (Phi) is 7.15. The van der Waals surface area contributed by atoms with E-state index in [9.17, 15) is 18.3 Å².